The first-order chi connectivity index (χ1) is 9.60. The minimum Gasteiger partial charge on any atom is -0.351 e. The maximum atomic E-state index is 11.8. The van der Waals surface area contributed by atoms with Crippen molar-refractivity contribution in [3.63, 3.8) is 0 Å². The summed E-state index contributed by atoms with van der Waals surface area (Å²) in [5, 5.41) is 11.4. The smallest absolute Gasteiger partial charge is 0.271 e. The van der Waals surface area contributed by atoms with Gasteiger partial charge < -0.3 is 5.32 Å². The van der Waals surface area contributed by atoms with Crippen molar-refractivity contribution < 1.29 is 4.79 Å². The zero-order chi connectivity index (χ0) is 14.5. The highest BCUT2D eigenvalue weighted by Gasteiger charge is 2.08. The van der Waals surface area contributed by atoms with E-state index >= 15 is 0 Å². The summed E-state index contributed by atoms with van der Waals surface area (Å²) in [4.78, 5) is 11.8. The summed E-state index contributed by atoms with van der Waals surface area (Å²) in [5.74, 6) is -0.130. The summed E-state index contributed by atoms with van der Waals surface area (Å²) in [7, 11) is 0. The molecule has 0 bridgehead atoms. The normalized spacial score (nSPS) is 10.8. The van der Waals surface area contributed by atoms with Gasteiger partial charge in [-0.3, -0.25) is 14.2 Å². The molecule has 0 radical (unpaired) electrons. The molecule has 2 rings (SSSR count). The molecule has 0 aliphatic carbocycles. The first-order valence-corrected chi connectivity index (χ1v) is 7.40. The van der Waals surface area contributed by atoms with Gasteiger partial charge in [0.1, 0.15) is 5.69 Å². The van der Waals surface area contributed by atoms with Gasteiger partial charge >= 0.3 is 0 Å². The molecule has 0 saturated heterocycles. The fraction of sp³-hybridized carbons (Fsp3) is 0.462. The van der Waals surface area contributed by atoms with E-state index in [2.05, 4.69) is 31.4 Å². The highest BCUT2D eigenvalue weighted by molar-refractivity contribution is 9.10. The fourth-order valence-corrected chi connectivity index (χ4v) is 2.12. The van der Waals surface area contributed by atoms with Crippen LogP contribution in [0.15, 0.2) is 22.9 Å². The quantitative estimate of drug-likeness (QED) is 0.818. The Morgan fingerprint density at radius 1 is 1.40 bits per heavy atom. The molecular weight excluding hydrogens is 322 g/mol. The van der Waals surface area contributed by atoms with Crippen molar-refractivity contribution in [2.24, 2.45) is 0 Å². The van der Waals surface area contributed by atoms with E-state index in [1.165, 1.54) is 0 Å². The second kappa shape index (κ2) is 6.69. The molecule has 0 unspecified atom stereocenters. The van der Waals surface area contributed by atoms with E-state index in [1.807, 2.05) is 24.7 Å². The Morgan fingerprint density at radius 3 is 2.80 bits per heavy atom. The molecule has 2 heterocycles. The Hall–Kier alpha value is -1.63. The Morgan fingerprint density at radius 2 is 2.20 bits per heavy atom. The summed E-state index contributed by atoms with van der Waals surface area (Å²) in [6.07, 6.45) is 4.58. The average Bonchev–Trinajstić information content (AvgIpc) is 3.02. The molecule has 1 amide bonds. The van der Waals surface area contributed by atoms with E-state index in [0.29, 0.717) is 12.2 Å². The molecule has 7 heteroatoms. The van der Waals surface area contributed by atoms with Crippen LogP contribution >= 0.6 is 15.9 Å². The van der Waals surface area contributed by atoms with Crippen LogP contribution in [0.25, 0.3) is 0 Å². The lowest BCUT2D eigenvalue weighted by atomic mass is 10.3. The molecule has 1 N–H and O–H groups in total. The summed E-state index contributed by atoms with van der Waals surface area (Å²) >= 11 is 3.42. The van der Waals surface area contributed by atoms with Gasteiger partial charge in [-0.05, 0) is 42.3 Å². The molecule has 0 atom stereocenters. The van der Waals surface area contributed by atoms with Gasteiger partial charge in [-0.1, -0.05) is 0 Å². The molecular formula is C13H18BrN5O. The summed E-state index contributed by atoms with van der Waals surface area (Å²) < 4.78 is 4.61. The summed E-state index contributed by atoms with van der Waals surface area (Å²) in [5.41, 5.74) is 1.43. The van der Waals surface area contributed by atoms with Crippen LogP contribution in [-0.2, 0) is 13.1 Å². The van der Waals surface area contributed by atoms with Crippen molar-refractivity contribution in [3.8, 4) is 0 Å². The SMILES string of the molecule is CCn1ccc(C(=O)NCCCn2cc(Br)c(C)n2)n1. The second-order valence-corrected chi connectivity index (χ2v) is 5.35. The van der Waals surface area contributed by atoms with Gasteiger partial charge in [-0.2, -0.15) is 10.2 Å². The standard InChI is InChI=1S/C13H18BrN5O/c1-3-18-8-5-12(17-18)13(20)15-6-4-7-19-9-11(14)10(2)16-19/h5,8-9H,3-4,6-7H2,1-2H3,(H,15,20). The van der Waals surface area contributed by atoms with Crippen molar-refractivity contribution in [2.45, 2.75) is 33.4 Å². The molecule has 0 aliphatic rings. The van der Waals surface area contributed by atoms with Crippen molar-refractivity contribution in [1.82, 2.24) is 24.9 Å². The Kier molecular flexibility index (Phi) is 4.94. The highest BCUT2D eigenvalue weighted by atomic mass is 79.9. The van der Waals surface area contributed by atoms with Gasteiger partial charge in [0.25, 0.3) is 5.91 Å². The molecule has 6 nitrogen and oxygen atoms in total. The van der Waals surface area contributed by atoms with Crippen LogP contribution in [0, 0.1) is 6.92 Å². The largest absolute Gasteiger partial charge is 0.351 e. The van der Waals surface area contributed by atoms with Crippen LogP contribution < -0.4 is 5.32 Å². The number of aryl methyl sites for hydroxylation is 3. The number of rotatable bonds is 6. The highest BCUT2D eigenvalue weighted by Crippen LogP contribution is 2.13. The predicted octanol–water partition coefficient (Wildman–Crippen LogP) is 1.99. The minimum atomic E-state index is -0.130. The molecule has 2 aromatic heterocycles. The predicted molar refractivity (Wildman–Crippen MR) is 79.5 cm³/mol. The third kappa shape index (κ3) is 3.69. The van der Waals surface area contributed by atoms with Gasteiger partial charge in [-0.25, -0.2) is 0 Å². The Balaban J connectivity index is 1.74. The van der Waals surface area contributed by atoms with E-state index in [9.17, 15) is 4.79 Å². The van der Waals surface area contributed by atoms with E-state index in [4.69, 9.17) is 0 Å². The molecule has 2 aromatic rings. The zero-order valence-corrected chi connectivity index (χ0v) is 13.2. The Bertz CT molecular complexity index is 570. The third-order valence-corrected chi connectivity index (χ3v) is 3.71. The summed E-state index contributed by atoms with van der Waals surface area (Å²) in [6, 6.07) is 1.73. The van der Waals surface area contributed by atoms with Crippen LogP contribution in [0.2, 0.25) is 0 Å². The lowest BCUT2D eigenvalue weighted by Crippen LogP contribution is -2.25. The Labute approximate surface area is 126 Å². The van der Waals surface area contributed by atoms with Crippen LogP contribution in [0.5, 0.6) is 0 Å². The van der Waals surface area contributed by atoms with Crippen molar-refractivity contribution in [3.05, 3.63) is 34.3 Å². The second-order valence-electron chi connectivity index (χ2n) is 4.49. The topological polar surface area (TPSA) is 64.7 Å². The molecule has 0 aromatic carbocycles. The molecule has 0 spiro atoms. The zero-order valence-electron chi connectivity index (χ0n) is 11.6. The lowest BCUT2D eigenvalue weighted by molar-refractivity contribution is 0.0947. The number of hydrogen-bond acceptors (Lipinski definition) is 3. The number of halogens is 1. The third-order valence-electron chi connectivity index (χ3n) is 2.93. The maximum absolute atomic E-state index is 11.8. The van der Waals surface area contributed by atoms with Gasteiger partial charge in [0.05, 0.1) is 10.2 Å². The van der Waals surface area contributed by atoms with Crippen LogP contribution in [-0.4, -0.2) is 32.0 Å². The van der Waals surface area contributed by atoms with E-state index < -0.39 is 0 Å². The van der Waals surface area contributed by atoms with Crippen LogP contribution in [0.3, 0.4) is 0 Å². The van der Waals surface area contributed by atoms with Crippen molar-refractivity contribution in [2.75, 3.05) is 6.54 Å². The number of amides is 1. The van der Waals surface area contributed by atoms with Gasteiger partial charge in [-0.15, -0.1) is 0 Å². The number of carbonyl (C=O) groups excluding carboxylic acids is 1. The summed E-state index contributed by atoms with van der Waals surface area (Å²) in [6.45, 7) is 6.08. The van der Waals surface area contributed by atoms with E-state index in [-0.39, 0.29) is 5.91 Å². The fourth-order valence-electron chi connectivity index (χ4n) is 1.80. The number of nitrogens with one attached hydrogen (secondary N) is 1. The molecule has 108 valence electrons. The van der Waals surface area contributed by atoms with E-state index in [1.54, 1.807) is 16.9 Å². The molecule has 0 fully saturated rings. The van der Waals surface area contributed by atoms with E-state index in [0.717, 1.165) is 29.7 Å². The lowest BCUT2D eigenvalue weighted by Gasteiger charge is -2.03. The number of nitrogens with zero attached hydrogens (tertiary/aromatic N) is 4. The molecule has 0 aliphatic heterocycles. The molecule has 0 saturated carbocycles. The van der Waals surface area contributed by atoms with Crippen molar-refractivity contribution in [1.29, 1.82) is 0 Å². The first-order valence-electron chi connectivity index (χ1n) is 6.61. The minimum absolute atomic E-state index is 0.130. The van der Waals surface area contributed by atoms with Crippen molar-refractivity contribution >= 4 is 21.8 Å². The number of carbonyl (C=O) groups is 1. The van der Waals surface area contributed by atoms with Crippen LogP contribution in [0.4, 0.5) is 0 Å². The van der Waals surface area contributed by atoms with Gasteiger partial charge in [0, 0.05) is 32.0 Å². The monoisotopic (exact) mass is 339 g/mol. The van der Waals surface area contributed by atoms with Crippen LogP contribution in [0.1, 0.15) is 29.5 Å². The maximum Gasteiger partial charge on any atom is 0.271 e. The van der Waals surface area contributed by atoms with Gasteiger partial charge in [0.2, 0.25) is 0 Å². The molecule has 20 heavy (non-hydrogen) atoms. The number of hydrogen-bond donors (Lipinski definition) is 1. The van der Waals surface area contributed by atoms with Gasteiger partial charge in [0.15, 0.2) is 0 Å². The number of aromatic nitrogens is 4. The average molecular weight is 340 g/mol. The first kappa shape index (κ1) is 14.8.